The molecule has 1 aliphatic heterocycles. The van der Waals surface area contributed by atoms with Gasteiger partial charge in [-0.1, -0.05) is 18.2 Å². The van der Waals surface area contributed by atoms with E-state index >= 15 is 0 Å². The van der Waals surface area contributed by atoms with Gasteiger partial charge in [0.2, 0.25) is 5.95 Å². The molecule has 8 heteroatoms. The molecule has 0 aliphatic carbocycles. The fourth-order valence-corrected chi connectivity index (χ4v) is 3.65. The monoisotopic (exact) mass is 433 g/mol. The molecule has 3 aromatic rings. The Bertz CT molecular complexity index is 1070. The Morgan fingerprint density at radius 2 is 1.78 bits per heavy atom. The number of aryl methyl sites for hydroxylation is 3. The number of nitrogens with zero attached hydrogens (tertiary/aromatic N) is 4. The molecule has 1 N–H and O–H groups in total. The molecular weight excluding hydrogens is 406 g/mol. The van der Waals surface area contributed by atoms with Crippen molar-refractivity contribution >= 4 is 17.5 Å². The highest BCUT2D eigenvalue weighted by molar-refractivity contribution is 5.78. The molecule has 1 fully saturated rings. The Hall–Kier alpha value is -3.52. The van der Waals surface area contributed by atoms with Gasteiger partial charge in [-0.15, -0.1) is 0 Å². The van der Waals surface area contributed by atoms with Gasteiger partial charge >= 0.3 is 0 Å². The summed E-state index contributed by atoms with van der Waals surface area (Å²) in [5.74, 6) is 1.14. The second-order valence-electron chi connectivity index (χ2n) is 7.82. The van der Waals surface area contributed by atoms with E-state index in [4.69, 9.17) is 9.47 Å². The molecule has 8 nitrogen and oxygen atoms in total. The molecule has 0 saturated carbocycles. The van der Waals surface area contributed by atoms with Gasteiger partial charge in [0.15, 0.2) is 6.61 Å². The summed E-state index contributed by atoms with van der Waals surface area (Å²) in [5, 5.41) is 3.26. The Morgan fingerprint density at radius 1 is 1.06 bits per heavy atom. The van der Waals surface area contributed by atoms with Crippen LogP contribution < -0.4 is 10.1 Å². The molecule has 1 amide bonds. The molecule has 1 unspecified atom stereocenters. The molecule has 2 aromatic heterocycles. The maximum absolute atomic E-state index is 12.7. The highest BCUT2D eigenvalue weighted by Crippen LogP contribution is 2.25. The van der Waals surface area contributed by atoms with Crippen molar-refractivity contribution in [1.29, 1.82) is 0 Å². The molecule has 1 aromatic carbocycles. The maximum Gasteiger partial charge on any atom is 0.260 e. The first-order valence-electron chi connectivity index (χ1n) is 10.6. The van der Waals surface area contributed by atoms with Crippen molar-refractivity contribution in [2.45, 2.75) is 26.9 Å². The number of hydrogen-bond donors (Lipinski definition) is 1. The van der Waals surface area contributed by atoms with Gasteiger partial charge in [-0.3, -0.25) is 9.78 Å². The van der Waals surface area contributed by atoms with Crippen LogP contribution in [0.25, 0.3) is 0 Å². The minimum atomic E-state index is -0.315. The Kier molecular flexibility index (Phi) is 6.61. The lowest BCUT2D eigenvalue weighted by Crippen LogP contribution is -2.44. The third kappa shape index (κ3) is 5.59. The fourth-order valence-electron chi connectivity index (χ4n) is 3.65. The summed E-state index contributed by atoms with van der Waals surface area (Å²) >= 11 is 0. The lowest BCUT2D eigenvalue weighted by molar-refractivity contribution is -0.141. The lowest BCUT2D eigenvalue weighted by atomic mass is 10.1. The number of aromatic nitrogens is 3. The zero-order chi connectivity index (χ0) is 22.5. The van der Waals surface area contributed by atoms with E-state index in [1.807, 2.05) is 69.3 Å². The summed E-state index contributed by atoms with van der Waals surface area (Å²) < 4.78 is 11.6. The van der Waals surface area contributed by atoms with Crippen LogP contribution in [0.5, 0.6) is 5.75 Å². The van der Waals surface area contributed by atoms with Crippen LogP contribution in [-0.2, 0) is 9.53 Å². The van der Waals surface area contributed by atoms with Crippen LogP contribution in [0, 0.1) is 20.8 Å². The molecule has 1 atom stereocenters. The zero-order valence-electron chi connectivity index (χ0n) is 18.5. The van der Waals surface area contributed by atoms with E-state index in [1.165, 1.54) is 0 Å². The predicted octanol–water partition coefficient (Wildman–Crippen LogP) is 3.52. The van der Waals surface area contributed by atoms with Crippen LogP contribution in [0.2, 0.25) is 0 Å². The molecule has 166 valence electrons. The topological polar surface area (TPSA) is 89.5 Å². The van der Waals surface area contributed by atoms with E-state index in [0.29, 0.717) is 31.4 Å². The van der Waals surface area contributed by atoms with Crippen LogP contribution in [-0.4, -0.2) is 52.1 Å². The van der Waals surface area contributed by atoms with E-state index < -0.39 is 0 Å². The van der Waals surface area contributed by atoms with Gasteiger partial charge in [0, 0.05) is 29.3 Å². The third-order valence-electron chi connectivity index (χ3n) is 5.07. The van der Waals surface area contributed by atoms with E-state index in [0.717, 1.165) is 28.5 Å². The molecule has 1 aliphatic rings. The minimum Gasteiger partial charge on any atom is -0.484 e. The van der Waals surface area contributed by atoms with Crippen LogP contribution >= 0.6 is 0 Å². The first kappa shape index (κ1) is 21.7. The number of pyridine rings is 1. The number of rotatable bonds is 6. The number of hydrogen-bond acceptors (Lipinski definition) is 7. The van der Waals surface area contributed by atoms with Crippen LogP contribution in [0.15, 0.2) is 48.5 Å². The van der Waals surface area contributed by atoms with Crippen molar-refractivity contribution in [1.82, 2.24) is 19.9 Å². The molecule has 4 rings (SSSR count). The molecular formula is C24H27N5O3. The number of anilines is 2. The Balaban J connectivity index is 1.44. The van der Waals surface area contributed by atoms with Gasteiger partial charge < -0.3 is 19.7 Å². The lowest BCUT2D eigenvalue weighted by Gasteiger charge is -2.33. The van der Waals surface area contributed by atoms with Crippen molar-refractivity contribution in [3.63, 3.8) is 0 Å². The highest BCUT2D eigenvalue weighted by Gasteiger charge is 2.27. The van der Waals surface area contributed by atoms with Gasteiger partial charge in [-0.25, -0.2) is 9.97 Å². The SMILES string of the molecule is Cc1cc(Nc2nc(C)cc(C)n2)cc(C2CN(C(=O)COc3ccccc3)CCO2)n1. The third-order valence-corrected chi connectivity index (χ3v) is 5.07. The van der Waals surface area contributed by atoms with Crippen LogP contribution in [0.1, 0.15) is 28.9 Å². The number of morpholine rings is 1. The van der Waals surface area contributed by atoms with Crippen molar-refractivity contribution in [2.24, 2.45) is 0 Å². The first-order chi connectivity index (χ1) is 15.5. The summed E-state index contributed by atoms with van der Waals surface area (Å²) in [6, 6.07) is 15.1. The standard InChI is InChI=1S/C24H27N5O3/c1-16-11-17(2)27-24(26-16)28-19-12-18(3)25-21(13-19)22-14-29(9-10-31-22)23(30)15-32-20-7-5-4-6-8-20/h4-8,11-13,22H,9-10,14-15H2,1-3H3,(H,25,26,27,28). The summed E-state index contributed by atoms with van der Waals surface area (Å²) in [6.07, 6.45) is -0.315. The summed E-state index contributed by atoms with van der Waals surface area (Å²) in [7, 11) is 0. The second kappa shape index (κ2) is 9.74. The van der Waals surface area contributed by atoms with Gasteiger partial charge in [-0.05, 0) is 51.1 Å². The number of ether oxygens (including phenoxy) is 2. The Morgan fingerprint density at radius 3 is 2.53 bits per heavy atom. The Labute approximate surface area is 187 Å². The number of nitrogens with one attached hydrogen (secondary N) is 1. The van der Waals surface area contributed by atoms with Gasteiger partial charge in [0.25, 0.3) is 5.91 Å². The fraction of sp³-hybridized carbons (Fsp3) is 0.333. The largest absolute Gasteiger partial charge is 0.484 e. The van der Waals surface area contributed by atoms with Gasteiger partial charge in [0.05, 0.1) is 18.8 Å². The maximum atomic E-state index is 12.7. The van der Waals surface area contributed by atoms with E-state index in [9.17, 15) is 4.79 Å². The predicted molar refractivity (Wildman–Crippen MR) is 121 cm³/mol. The van der Waals surface area contributed by atoms with Crippen molar-refractivity contribution in [3.05, 3.63) is 71.3 Å². The average Bonchev–Trinajstić information content (AvgIpc) is 2.77. The molecule has 0 spiro atoms. The molecule has 1 saturated heterocycles. The van der Waals surface area contributed by atoms with E-state index in [-0.39, 0.29) is 18.6 Å². The summed E-state index contributed by atoms with van der Waals surface area (Å²) in [4.78, 5) is 28.0. The smallest absolute Gasteiger partial charge is 0.260 e. The molecule has 0 bridgehead atoms. The zero-order valence-corrected chi connectivity index (χ0v) is 18.5. The van der Waals surface area contributed by atoms with Gasteiger partial charge in [0.1, 0.15) is 11.9 Å². The number of carbonyl (C=O) groups is 1. The molecule has 0 radical (unpaired) electrons. The van der Waals surface area contributed by atoms with Crippen molar-refractivity contribution < 1.29 is 14.3 Å². The van der Waals surface area contributed by atoms with Crippen LogP contribution in [0.4, 0.5) is 11.6 Å². The number of benzene rings is 1. The van der Waals surface area contributed by atoms with Crippen LogP contribution in [0.3, 0.4) is 0 Å². The summed E-state index contributed by atoms with van der Waals surface area (Å²) in [5.41, 5.74) is 4.23. The van der Waals surface area contributed by atoms with Crippen molar-refractivity contribution in [3.8, 4) is 5.75 Å². The number of carbonyl (C=O) groups excluding carboxylic acids is 1. The van der Waals surface area contributed by atoms with Crippen molar-refractivity contribution in [2.75, 3.05) is 31.6 Å². The number of amides is 1. The molecule has 32 heavy (non-hydrogen) atoms. The molecule has 3 heterocycles. The quantitative estimate of drug-likeness (QED) is 0.636. The van der Waals surface area contributed by atoms with E-state index in [2.05, 4.69) is 20.3 Å². The minimum absolute atomic E-state index is 0.00513. The second-order valence-corrected chi connectivity index (χ2v) is 7.82. The average molecular weight is 434 g/mol. The highest BCUT2D eigenvalue weighted by atomic mass is 16.5. The first-order valence-corrected chi connectivity index (χ1v) is 10.6. The normalized spacial score (nSPS) is 16.0. The summed E-state index contributed by atoms with van der Waals surface area (Å²) in [6.45, 7) is 7.19. The number of para-hydroxylation sites is 1. The van der Waals surface area contributed by atoms with Gasteiger partial charge in [-0.2, -0.15) is 0 Å². The van der Waals surface area contributed by atoms with E-state index in [1.54, 1.807) is 4.90 Å².